The van der Waals surface area contributed by atoms with Gasteiger partial charge in [0.05, 0.1) is 12.4 Å². The van der Waals surface area contributed by atoms with Gasteiger partial charge in [-0.25, -0.2) is 13.2 Å². The Morgan fingerprint density at radius 3 is 2.57 bits per heavy atom. The molecule has 1 aliphatic carbocycles. The van der Waals surface area contributed by atoms with Crippen molar-refractivity contribution in [2.24, 2.45) is 5.92 Å². The molecule has 0 aliphatic heterocycles. The summed E-state index contributed by atoms with van der Waals surface area (Å²) in [6.45, 7) is 8.95. The van der Waals surface area contributed by atoms with Crippen LogP contribution < -0.4 is 0 Å². The first kappa shape index (κ1) is 17.8. The molecule has 0 amide bonds. The summed E-state index contributed by atoms with van der Waals surface area (Å²) in [6, 6.07) is -0.853. The van der Waals surface area contributed by atoms with Crippen molar-refractivity contribution in [2.45, 2.75) is 47.1 Å². The van der Waals surface area contributed by atoms with Crippen molar-refractivity contribution in [3.05, 3.63) is 23.4 Å². The van der Waals surface area contributed by atoms with Crippen LogP contribution in [-0.4, -0.2) is 37.1 Å². The van der Waals surface area contributed by atoms with Crippen molar-refractivity contribution in [3.63, 3.8) is 0 Å². The molecule has 0 radical (unpaired) electrons. The summed E-state index contributed by atoms with van der Waals surface area (Å²) in [5, 5.41) is 0. The van der Waals surface area contributed by atoms with Gasteiger partial charge in [0.25, 0.3) is 0 Å². The molecular weight excluding hydrogens is 290 g/mol. The molecule has 0 aromatic heterocycles. The van der Waals surface area contributed by atoms with Crippen LogP contribution in [0.25, 0.3) is 0 Å². The molecule has 0 aromatic carbocycles. The summed E-state index contributed by atoms with van der Waals surface area (Å²) >= 11 is 0. The van der Waals surface area contributed by atoms with Crippen LogP contribution in [0.2, 0.25) is 0 Å². The Kier molecular flexibility index (Phi) is 6.01. The normalized spacial score (nSPS) is 20.3. The molecule has 120 valence electrons. The number of ether oxygens (including phenoxy) is 1. The summed E-state index contributed by atoms with van der Waals surface area (Å²) in [6.07, 6.45) is 4.69. The fraction of sp³-hybridized carbons (Fsp3) is 0.667. The number of hydrogen-bond donors (Lipinski definition) is 0. The van der Waals surface area contributed by atoms with Crippen LogP contribution >= 0.6 is 0 Å². The highest BCUT2D eigenvalue weighted by Gasteiger charge is 2.36. The molecule has 0 aromatic rings. The van der Waals surface area contributed by atoms with Crippen molar-refractivity contribution in [2.75, 3.05) is 12.4 Å². The lowest BCUT2D eigenvalue weighted by Gasteiger charge is -2.35. The molecule has 1 rings (SSSR count). The van der Waals surface area contributed by atoms with Crippen LogP contribution in [0.15, 0.2) is 23.4 Å². The minimum atomic E-state index is -3.55. The van der Waals surface area contributed by atoms with Gasteiger partial charge in [0.15, 0.2) is 0 Å². The molecule has 2 atom stereocenters. The largest absolute Gasteiger partial charge is 0.464 e. The molecule has 6 heteroatoms. The van der Waals surface area contributed by atoms with Crippen molar-refractivity contribution in [1.29, 1.82) is 0 Å². The van der Waals surface area contributed by atoms with Gasteiger partial charge in [0.2, 0.25) is 10.0 Å². The van der Waals surface area contributed by atoms with Gasteiger partial charge < -0.3 is 4.74 Å². The Labute approximate surface area is 127 Å². The predicted octanol–water partition coefficient (Wildman–Crippen LogP) is 2.46. The van der Waals surface area contributed by atoms with Gasteiger partial charge in [-0.3, -0.25) is 4.31 Å². The SMILES string of the molecule is CCOC(=O)C(C)N(C1=C(C)C=CCC1C)S(=O)(=O)CC. The standard InChI is InChI=1S/C15H25NO4S/c1-6-20-15(17)13(5)16(21(18,19)7-2)14-11(3)9-8-10-12(14)4/h8-9,12-13H,6-7,10H2,1-5H3. The molecule has 0 bridgehead atoms. The zero-order valence-electron chi connectivity index (χ0n) is 13.4. The van der Waals surface area contributed by atoms with Gasteiger partial charge in [-0.2, -0.15) is 0 Å². The number of esters is 1. The molecule has 0 heterocycles. The van der Waals surface area contributed by atoms with Crippen LogP contribution in [0.4, 0.5) is 0 Å². The lowest BCUT2D eigenvalue weighted by molar-refractivity contribution is -0.146. The van der Waals surface area contributed by atoms with E-state index in [1.165, 1.54) is 4.31 Å². The van der Waals surface area contributed by atoms with E-state index in [1.54, 1.807) is 20.8 Å². The van der Waals surface area contributed by atoms with Crippen molar-refractivity contribution < 1.29 is 17.9 Å². The fourth-order valence-corrected chi connectivity index (χ4v) is 3.99. The van der Waals surface area contributed by atoms with E-state index < -0.39 is 22.0 Å². The second-order valence-corrected chi connectivity index (χ2v) is 7.37. The third-order valence-electron chi connectivity index (χ3n) is 3.61. The zero-order valence-corrected chi connectivity index (χ0v) is 14.2. The number of carbonyl (C=O) groups is 1. The minimum Gasteiger partial charge on any atom is -0.464 e. The van der Waals surface area contributed by atoms with Crippen LogP contribution in [0, 0.1) is 5.92 Å². The highest BCUT2D eigenvalue weighted by Crippen LogP contribution is 2.32. The van der Waals surface area contributed by atoms with Crippen LogP contribution in [0.5, 0.6) is 0 Å². The van der Waals surface area contributed by atoms with Crippen LogP contribution in [0.3, 0.4) is 0 Å². The number of allylic oxidation sites excluding steroid dienone is 4. The third kappa shape index (κ3) is 3.87. The molecule has 0 N–H and O–H groups in total. The summed E-state index contributed by atoms with van der Waals surface area (Å²) in [5.41, 5.74) is 1.57. The Morgan fingerprint density at radius 2 is 2.10 bits per heavy atom. The van der Waals surface area contributed by atoms with Crippen molar-refractivity contribution in [1.82, 2.24) is 4.31 Å². The number of carbonyl (C=O) groups excluding carboxylic acids is 1. The number of hydrogen-bond acceptors (Lipinski definition) is 4. The monoisotopic (exact) mass is 315 g/mol. The van der Waals surface area contributed by atoms with Gasteiger partial charge >= 0.3 is 5.97 Å². The lowest BCUT2D eigenvalue weighted by Crippen LogP contribution is -2.46. The Morgan fingerprint density at radius 1 is 1.48 bits per heavy atom. The van der Waals surface area contributed by atoms with E-state index in [0.717, 1.165) is 12.0 Å². The molecule has 0 fully saturated rings. The first-order valence-corrected chi connectivity index (χ1v) is 8.93. The molecule has 0 saturated carbocycles. The second kappa shape index (κ2) is 7.11. The van der Waals surface area contributed by atoms with E-state index >= 15 is 0 Å². The molecule has 5 nitrogen and oxygen atoms in total. The smallest absolute Gasteiger partial charge is 0.329 e. The first-order chi connectivity index (χ1) is 9.76. The van der Waals surface area contributed by atoms with E-state index in [4.69, 9.17) is 4.74 Å². The summed E-state index contributed by atoms with van der Waals surface area (Å²) in [5.74, 6) is -0.519. The first-order valence-electron chi connectivity index (χ1n) is 7.32. The second-order valence-electron chi connectivity index (χ2n) is 5.23. The van der Waals surface area contributed by atoms with Gasteiger partial charge in [-0.1, -0.05) is 19.1 Å². The van der Waals surface area contributed by atoms with Gasteiger partial charge in [0.1, 0.15) is 6.04 Å². The molecule has 0 spiro atoms. The Hall–Kier alpha value is -1.30. The van der Waals surface area contributed by atoms with E-state index in [9.17, 15) is 13.2 Å². The molecule has 2 unspecified atom stereocenters. The number of sulfonamides is 1. The summed E-state index contributed by atoms with van der Waals surface area (Å²) in [4.78, 5) is 12.0. The highest BCUT2D eigenvalue weighted by atomic mass is 32.2. The zero-order chi connectivity index (χ0) is 16.2. The van der Waals surface area contributed by atoms with Gasteiger partial charge in [-0.05, 0) is 39.7 Å². The van der Waals surface area contributed by atoms with E-state index in [2.05, 4.69) is 0 Å². The number of nitrogens with zero attached hydrogens (tertiary/aromatic N) is 1. The van der Waals surface area contributed by atoms with Gasteiger partial charge in [-0.15, -0.1) is 0 Å². The Balaban J connectivity index is 3.34. The topological polar surface area (TPSA) is 63.7 Å². The lowest BCUT2D eigenvalue weighted by atomic mass is 9.94. The van der Waals surface area contributed by atoms with Crippen LogP contribution in [0.1, 0.15) is 41.0 Å². The maximum atomic E-state index is 12.5. The van der Waals surface area contributed by atoms with Crippen LogP contribution in [-0.2, 0) is 19.6 Å². The van der Waals surface area contributed by atoms with E-state index in [0.29, 0.717) is 5.70 Å². The quantitative estimate of drug-likeness (QED) is 0.706. The maximum Gasteiger partial charge on any atom is 0.329 e. The maximum absolute atomic E-state index is 12.5. The van der Waals surface area contributed by atoms with Crippen molar-refractivity contribution >= 4 is 16.0 Å². The molecule has 1 aliphatic rings. The Bertz CT molecular complexity index is 548. The van der Waals surface area contributed by atoms with Crippen molar-refractivity contribution in [3.8, 4) is 0 Å². The summed E-state index contributed by atoms with van der Waals surface area (Å²) in [7, 11) is -3.55. The van der Waals surface area contributed by atoms with E-state index in [1.807, 2.05) is 26.0 Å². The molecular formula is C15H25NO4S. The molecule has 0 saturated heterocycles. The minimum absolute atomic E-state index is 0.0493. The summed E-state index contributed by atoms with van der Waals surface area (Å²) < 4.78 is 31.3. The van der Waals surface area contributed by atoms with E-state index in [-0.39, 0.29) is 18.3 Å². The molecule has 21 heavy (non-hydrogen) atoms. The number of rotatable bonds is 6. The average Bonchev–Trinajstić information content (AvgIpc) is 2.42. The third-order valence-corrected chi connectivity index (χ3v) is 5.45. The fourth-order valence-electron chi connectivity index (χ4n) is 2.52. The average molecular weight is 315 g/mol. The van der Waals surface area contributed by atoms with Gasteiger partial charge in [0, 0.05) is 11.6 Å². The predicted molar refractivity (Wildman–Crippen MR) is 83.0 cm³/mol. The highest BCUT2D eigenvalue weighted by molar-refractivity contribution is 7.89.